The molecule has 1 aromatic heterocycles. The number of nitrogens with one attached hydrogen (secondary N) is 2. The highest BCUT2D eigenvalue weighted by atomic mass is 32.2. The highest BCUT2D eigenvalue weighted by molar-refractivity contribution is 7.90. The molecular weight excluding hydrogens is 330 g/mol. The van der Waals surface area contributed by atoms with Crippen molar-refractivity contribution in [2.24, 2.45) is 16.7 Å². The van der Waals surface area contributed by atoms with Crippen LogP contribution in [0.4, 0.5) is 0 Å². The number of nitrogens with zero attached hydrogens (tertiary/aromatic N) is 1. The van der Waals surface area contributed by atoms with Crippen molar-refractivity contribution < 1.29 is 13.2 Å². The fourth-order valence-electron chi connectivity index (χ4n) is 3.32. The van der Waals surface area contributed by atoms with Gasteiger partial charge in [0, 0.05) is 0 Å². The number of carbonyl (C=O) groups is 1. The molecule has 1 aromatic carbocycles. The fourth-order valence-corrected chi connectivity index (χ4v) is 4.34. The fraction of sp³-hybridized carbons (Fsp3) is 0.438. The topological polar surface area (TPSA) is 109 Å². The van der Waals surface area contributed by atoms with E-state index in [-0.39, 0.29) is 27.0 Å². The van der Waals surface area contributed by atoms with Crippen LogP contribution in [0.1, 0.15) is 27.7 Å². The number of rotatable bonds is 3. The van der Waals surface area contributed by atoms with E-state index in [0.29, 0.717) is 5.52 Å². The zero-order valence-corrected chi connectivity index (χ0v) is 14.7. The second-order valence-corrected chi connectivity index (χ2v) is 8.94. The van der Waals surface area contributed by atoms with Crippen LogP contribution < -0.4 is 10.3 Å². The maximum absolute atomic E-state index is 12.5. The molecule has 0 bridgehead atoms. The number of H-pyrrole nitrogens is 1. The van der Waals surface area contributed by atoms with Crippen LogP contribution in [-0.2, 0) is 14.8 Å². The average molecular weight is 349 g/mol. The van der Waals surface area contributed by atoms with Crippen LogP contribution in [-0.4, -0.2) is 24.3 Å². The minimum atomic E-state index is -4.05. The minimum Gasteiger partial charge on any atom is -0.313 e. The lowest BCUT2D eigenvalue weighted by molar-refractivity contribution is -0.121. The Balaban J connectivity index is 1.93. The van der Waals surface area contributed by atoms with Crippen LogP contribution in [0.3, 0.4) is 0 Å². The Morgan fingerprint density at radius 2 is 1.83 bits per heavy atom. The third-order valence-electron chi connectivity index (χ3n) is 5.44. The first-order valence-corrected chi connectivity index (χ1v) is 9.01. The van der Waals surface area contributed by atoms with Gasteiger partial charge in [-0.25, -0.2) is 18.1 Å². The van der Waals surface area contributed by atoms with Gasteiger partial charge in [-0.15, -0.1) is 0 Å². The van der Waals surface area contributed by atoms with Crippen LogP contribution in [0, 0.1) is 16.7 Å². The molecule has 3 rings (SSSR count). The van der Waals surface area contributed by atoms with Gasteiger partial charge in [0.15, 0.2) is 0 Å². The number of aromatic nitrogens is 2. The zero-order valence-electron chi connectivity index (χ0n) is 13.9. The summed E-state index contributed by atoms with van der Waals surface area (Å²) in [4.78, 5) is 30.4. The molecule has 7 nitrogen and oxygen atoms in total. The number of amides is 1. The molecule has 1 fully saturated rings. The Morgan fingerprint density at radius 1 is 1.21 bits per heavy atom. The Labute approximate surface area is 139 Å². The summed E-state index contributed by atoms with van der Waals surface area (Å²) in [6, 6.07) is 3.99. The molecule has 0 atom stereocenters. The van der Waals surface area contributed by atoms with Gasteiger partial charge in [0.2, 0.25) is 5.91 Å². The first kappa shape index (κ1) is 16.6. The van der Waals surface area contributed by atoms with Crippen LogP contribution in [0.2, 0.25) is 0 Å². The van der Waals surface area contributed by atoms with Crippen LogP contribution in [0.15, 0.2) is 34.2 Å². The summed E-state index contributed by atoms with van der Waals surface area (Å²) in [6.45, 7) is 7.74. The van der Waals surface area contributed by atoms with Gasteiger partial charge in [0.25, 0.3) is 15.6 Å². The van der Waals surface area contributed by atoms with Crippen LogP contribution in [0.5, 0.6) is 0 Å². The molecule has 2 aromatic rings. The predicted molar refractivity (Wildman–Crippen MR) is 88.7 cm³/mol. The number of aromatic amines is 1. The highest BCUT2D eigenvalue weighted by Crippen LogP contribution is 2.68. The van der Waals surface area contributed by atoms with Crippen molar-refractivity contribution in [3.05, 3.63) is 34.9 Å². The molecule has 0 saturated heterocycles. The van der Waals surface area contributed by atoms with E-state index in [1.165, 1.54) is 24.5 Å². The van der Waals surface area contributed by atoms with Crippen molar-refractivity contribution >= 4 is 26.8 Å². The van der Waals surface area contributed by atoms with E-state index in [9.17, 15) is 18.0 Å². The van der Waals surface area contributed by atoms with Gasteiger partial charge >= 0.3 is 0 Å². The number of carbonyl (C=O) groups excluding carboxylic acids is 1. The lowest BCUT2D eigenvalue weighted by atomic mass is 10.0. The van der Waals surface area contributed by atoms with Crippen molar-refractivity contribution in [1.29, 1.82) is 0 Å². The number of sulfonamides is 1. The van der Waals surface area contributed by atoms with Crippen molar-refractivity contribution in [2.75, 3.05) is 0 Å². The predicted octanol–water partition coefficient (Wildman–Crippen LogP) is 1.41. The Hall–Kier alpha value is -2.22. The van der Waals surface area contributed by atoms with E-state index >= 15 is 0 Å². The molecule has 0 radical (unpaired) electrons. The van der Waals surface area contributed by atoms with Gasteiger partial charge in [-0.05, 0) is 29.0 Å². The highest BCUT2D eigenvalue weighted by Gasteiger charge is 2.68. The second kappa shape index (κ2) is 4.89. The second-order valence-electron chi connectivity index (χ2n) is 7.26. The van der Waals surface area contributed by atoms with Gasteiger partial charge in [0.05, 0.1) is 28.0 Å². The lowest BCUT2D eigenvalue weighted by Crippen LogP contribution is -2.33. The SMILES string of the molecule is CC1(C)C(C(=O)NS(=O)(=O)c2ccc3nc[nH]c(=O)c3c2)C1(C)C. The molecule has 24 heavy (non-hydrogen) atoms. The molecule has 128 valence electrons. The third kappa shape index (κ3) is 2.32. The minimum absolute atomic E-state index is 0.141. The molecule has 8 heteroatoms. The molecule has 1 aliphatic carbocycles. The first-order valence-electron chi connectivity index (χ1n) is 7.52. The van der Waals surface area contributed by atoms with Crippen molar-refractivity contribution in [2.45, 2.75) is 32.6 Å². The molecule has 2 N–H and O–H groups in total. The average Bonchev–Trinajstić information content (AvgIpc) is 2.88. The van der Waals surface area contributed by atoms with E-state index in [1.807, 2.05) is 27.7 Å². The third-order valence-corrected chi connectivity index (χ3v) is 6.78. The van der Waals surface area contributed by atoms with E-state index < -0.39 is 21.5 Å². The van der Waals surface area contributed by atoms with E-state index in [4.69, 9.17) is 0 Å². The normalized spacial score (nSPS) is 19.2. The van der Waals surface area contributed by atoms with E-state index in [2.05, 4.69) is 14.7 Å². The molecule has 1 aliphatic rings. The van der Waals surface area contributed by atoms with Crippen molar-refractivity contribution in [3.8, 4) is 0 Å². The molecule has 1 amide bonds. The molecule has 1 saturated carbocycles. The van der Waals surface area contributed by atoms with Gasteiger partial charge in [-0.3, -0.25) is 9.59 Å². The Bertz CT molecular complexity index is 991. The number of hydrogen-bond acceptors (Lipinski definition) is 5. The first-order chi connectivity index (χ1) is 11.0. The Morgan fingerprint density at radius 3 is 2.42 bits per heavy atom. The zero-order chi connectivity index (χ0) is 17.9. The molecule has 1 heterocycles. The lowest BCUT2D eigenvalue weighted by Gasteiger charge is -2.08. The quantitative estimate of drug-likeness (QED) is 0.871. The summed E-state index contributed by atoms with van der Waals surface area (Å²) in [5.74, 6) is -0.907. The monoisotopic (exact) mass is 349 g/mol. The van der Waals surface area contributed by atoms with Gasteiger partial charge in [-0.2, -0.15) is 0 Å². The van der Waals surface area contributed by atoms with Crippen molar-refractivity contribution in [3.63, 3.8) is 0 Å². The van der Waals surface area contributed by atoms with Gasteiger partial charge in [-0.1, -0.05) is 27.7 Å². The smallest absolute Gasteiger partial charge is 0.264 e. The van der Waals surface area contributed by atoms with Crippen LogP contribution >= 0.6 is 0 Å². The van der Waals surface area contributed by atoms with E-state index in [1.54, 1.807) is 0 Å². The molecule has 0 unspecified atom stereocenters. The summed E-state index contributed by atoms with van der Waals surface area (Å²) in [5.41, 5.74) is -0.588. The Kier molecular flexibility index (Phi) is 3.39. The molecule has 0 spiro atoms. The number of fused-ring (bicyclic) bond motifs is 1. The number of hydrogen-bond donors (Lipinski definition) is 2. The molecular formula is C16H19N3O4S. The summed E-state index contributed by atoms with van der Waals surface area (Å²) < 4.78 is 27.1. The molecule has 0 aliphatic heterocycles. The maximum atomic E-state index is 12.5. The van der Waals surface area contributed by atoms with E-state index in [0.717, 1.165) is 0 Å². The summed E-state index contributed by atoms with van der Waals surface area (Å²) >= 11 is 0. The van der Waals surface area contributed by atoms with Crippen LogP contribution in [0.25, 0.3) is 10.9 Å². The summed E-state index contributed by atoms with van der Waals surface area (Å²) in [5, 5.41) is 0.153. The number of benzene rings is 1. The van der Waals surface area contributed by atoms with Gasteiger partial charge in [0.1, 0.15) is 0 Å². The standard InChI is InChI=1S/C16H19N3O4S/c1-15(2)12(16(15,3)4)14(21)19-24(22,23)9-5-6-11-10(7-9)13(20)18-8-17-11/h5-8,12H,1-4H3,(H,19,21)(H,17,18,20). The van der Waals surface area contributed by atoms with Crippen molar-refractivity contribution in [1.82, 2.24) is 14.7 Å². The van der Waals surface area contributed by atoms with Gasteiger partial charge < -0.3 is 4.98 Å². The summed E-state index contributed by atoms with van der Waals surface area (Å²) in [6.07, 6.45) is 1.25. The largest absolute Gasteiger partial charge is 0.313 e. The summed E-state index contributed by atoms with van der Waals surface area (Å²) in [7, 11) is -4.05. The maximum Gasteiger partial charge on any atom is 0.264 e.